The van der Waals surface area contributed by atoms with E-state index >= 15 is 0 Å². The highest BCUT2D eigenvalue weighted by atomic mass is 15.2. The van der Waals surface area contributed by atoms with Gasteiger partial charge in [-0.3, -0.25) is 0 Å². The normalized spacial score (nSPS) is 17.1. The fourth-order valence-corrected chi connectivity index (χ4v) is 7.39. The maximum Gasteiger partial charge on any atom is 0.0635 e. The van der Waals surface area contributed by atoms with Gasteiger partial charge in [0.25, 0.3) is 0 Å². The number of rotatable bonds is 4. The molecule has 7 aromatic rings. The highest BCUT2D eigenvalue weighted by molar-refractivity contribution is 6.15. The maximum absolute atomic E-state index is 2.50. The number of hydrogen-bond acceptors (Lipinski definition) is 1. The summed E-state index contributed by atoms with van der Waals surface area (Å²) in [4.78, 5) is 2.50. The summed E-state index contributed by atoms with van der Waals surface area (Å²) in [5, 5.41) is 2.57. The van der Waals surface area contributed by atoms with E-state index in [4.69, 9.17) is 0 Å². The van der Waals surface area contributed by atoms with Crippen molar-refractivity contribution in [2.75, 3.05) is 4.90 Å². The minimum atomic E-state index is 0.243. The van der Waals surface area contributed by atoms with Crippen LogP contribution in [0, 0.1) is 0 Å². The van der Waals surface area contributed by atoms with Crippen LogP contribution >= 0.6 is 0 Å². The first kappa shape index (κ1) is 24.9. The molecule has 2 atom stereocenters. The minimum absolute atomic E-state index is 0.243. The van der Waals surface area contributed by atoms with Gasteiger partial charge in [0.15, 0.2) is 0 Å². The van der Waals surface area contributed by atoms with E-state index in [0.717, 1.165) is 0 Å². The molecule has 2 unspecified atom stereocenters. The van der Waals surface area contributed by atoms with Crippen molar-refractivity contribution in [2.45, 2.75) is 12.0 Å². The zero-order chi connectivity index (χ0) is 29.0. The molecular formula is C42H30N2. The monoisotopic (exact) mass is 562 g/mol. The smallest absolute Gasteiger partial charge is 0.0635 e. The first-order valence-electron chi connectivity index (χ1n) is 15.4. The van der Waals surface area contributed by atoms with E-state index in [1.165, 1.54) is 66.7 Å². The van der Waals surface area contributed by atoms with Gasteiger partial charge in [-0.15, -0.1) is 0 Å². The Balaban J connectivity index is 1.12. The van der Waals surface area contributed by atoms with Crippen LogP contribution in [0.1, 0.15) is 17.0 Å². The van der Waals surface area contributed by atoms with E-state index in [-0.39, 0.29) is 6.04 Å². The van der Waals surface area contributed by atoms with Gasteiger partial charge in [-0.1, -0.05) is 127 Å². The third-order valence-electron chi connectivity index (χ3n) is 9.33. The van der Waals surface area contributed by atoms with Gasteiger partial charge < -0.3 is 9.47 Å². The quantitative estimate of drug-likeness (QED) is 0.207. The Bertz CT molecular complexity index is 2220. The van der Waals surface area contributed by atoms with Gasteiger partial charge in [0, 0.05) is 33.8 Å². The second-order valence-corrected chi connectivity index (χ2v) is 11.7. The maximum atomic E-state index is 2.50. The van der Waals surface area contributed by atoms with Crippen LogP contribution < -0.4 is 4.90 Å². The van der Waals surface area contributed by atoms with Crippen molar-refractivity contribution in [1.82, 2.24) is 4.57 Å². The standard InChI is InChI=1S/C42H30N2/c1-3-12-32(13-4-1)43-39-20-10-8-17-37(39)42-34(18-11-21-40(42)43)30-24-22-29(23-25-30)31-26-27-36-35-16-7-9-19-38(35)44(41(36)28-31)33-14-5-2-6-15-33/h1-28,36,41H. The summed E-state index contributed by atoms with van der Waals surface area (Å²) in [6.45, 7) is 0. The number of aromatic nitrogens is 1. The lowest BCUT2D eigenvalue weighted by atomic mass is 9.86. The van der Waals surface area contributed by atoms with E-state index in [9.17, 15) is 0 Å². The average molecular weight is 563 g/mol. The molecule has 9 rings (SSSR count). The number of para-hydroxylation sites is 4. The predicted molar refractivity (Wildman–Crippen MR) is 185 cm³/mol. The summed E-state index contributed by atoms with van der Waals surface area (Å²) in [7, 11) is 0. The first-order valence-corrected chi connectivity index (χ1v) is 15.4. The van der Waals surface area contributed by atoms with Gasteiger partial charge in [0.2, 0.25) is 0 Å². The molecule has 2 heteroatoms. The molecule has 0 radical (unpaired) electrons. The number of allylic oxidation sites excluding steroid dienone is 2. The van der Waals surface area contributed by atoms with Crippen molar-refractivity contribution in [3.63, 3.8) is 0 Å². The molecule has 1 aliphatic carbocycles. The van der Waals surface area contributed by atoms with Gasteiger partial charge in [0.05, 0.1) is 17.1 Å². The number of anilines is 2. The molecule has 0 saturated heterocycles. The van der Waals surface area contributed by atoms with E-state index < -0.39 is 0 Å². The van der Waals surface area contributed by atoms with E-state index in [2.05, 4.69) is 179 Å². The van der Waals surface area contributed by atoms with Crippen LogP contribution in [-0.2, 0) is 0 Å². The molecule has 208 valence electrons. The summed E-state index contributed by atoms with van der Waals surface area (Å²) in [5.74, 6) is 0.342. The van der Waals surface area contributed by atoms with E-state index in [1.54, 1.807) is 0 Å². The van der Waals surface area contributed by atoms with Crippen molar-refractivity contribution in [3.05, 3.63) is 181 Å². The topological polar surface area (TPSA) is 8.17 Å². The SMILES string of the molecule is C1=CC2c3ccccc3N(c3ccccc3)C2C=C1c1ccc(-c2cccc3c2c2ccccc2n3-c2ccccc2)cc1. The van der Waals surface area contributed by atoms with E-state index in [1.807, 2.05) is 0 Å². The van der Waals surface area contributed by atoms with Crippen LogP contribution in [0.3, 0.4) is 0 Å². The third-order valence-corrected chi connectivity index (χ3v) is 9.33. The molecule has 6 aromatic carbocycles. The Kier molecular flexibility index (Phi) is 5.67. The largest absolute Gasteiger partial charge is 0.333 e. The van der Waals surface area contributed by atoms with Gasteiger partial charge in [-0.05, 0) is 70.3 Å². The Hall–Kier alpha value is -5.60. The molecule has 0 saturated carbocycles. The van der Waals surface area contributed by atoms with Crippen LogP contribution in [-0.4, -0.2) is 10.6 Å². The Labute approximate surface area is 257 Å². The first-order chi connectivity index (χ1) is 21.8. The van der Waals surface area contributed by atoms with Crippen molar-refractivity contribution in [1.29, 1.82) is 0 Å². The minimum Gasteiger partial charge on any atom is -0.333 e. The molecule has 0 fully saturated rings. The molecule has 0 spiro atoms. The number of benzene rings is 6. The fraction of sp³-hybridized carbons (Fsp3) is 0.0476. The number of fused-ring (bicyclic) bond motifs is 6. The lowest BCUT2D eigenvalue weighted by molar-refractivity contribution is 0.747. The summed E-state index contributed by atoms with van der Waals surface area (Å²) in [6, 6.07) is 55.1. The van der Waals surface area contributed by atoms with E-state index in [0.29, 0.717) is 5.92 Å². The van der Waals surface area contributed by atoms with Gasteiger partial charge in [0.1, 0.15) is 0 Å². The Morgan fingerprint density at radius 2 is 1.16 bits per heavy atom. The number of hydrogen-bond donors (Lipinski definition) is 0. The molecule has 44 heavy (non-hydrogen) atoms. The highest BCUT2D eigenvalue weighted by Crippen LogP contribution is 2.49. The molecule has 1 aliphatic heterocycles. The molecular weight excluding hydrogens is 532 g/mol. The van der Waals surface area contributed by atoms with Crippen LogP contribution in [0.25, 0.3) is 44.2 Å². The average Bonchev–Trinajstić information content (AvgIpc) is 3.62. The molecule has 2 nitrogen and oxygen atoms in total. The second-order valence-electron chi connectivity index (χ2n) is 11.7. The lowest BCUT2D eigenvalue weighted by Gasteiger charge is -2.30. The predicted octanol–water partition coefficient (Wildman–Crippen LogP) is 10.7. The molecule has 0 amide bonds. The summed E-state index contributed by atoms with van der Waals surface area (Å²) < 4.78 is 2.38. The Morgan fingerprint density at radius 1 is 0.500 bits per heavy atom. The molecule has 1 aromatic heterocycles. The fourth-order valence-electron chi connectivity index (χ4n) is 7.39. The van der Waals surface area contributed by atoms with Crippen LogP contribution in [0.15, 0.2) is 170 Å². The molecule has 2 heterocycles. The second kappa shape index (κ2) is 10.00. The number of nitrogens with zero attached hydrogens (tertiary/aromatic N) is 2. The van der Waals surface area contributed by atoms with Crippen molar-refractivity contribution >= 4 is 38.8 Å². The molecule has 0 bridgehead atoms. The highest BCUT2D eigenvalue weighted by Gasteiger charge is 2.38. The third kappa shape index (κ3) is 3.81. The zero-order valence-corrected chi connectivity index (χ0v) is 24.2. The van der Waals surface area contributed by atoms with Crippen LogP contribution in [0.5, 0.6) is 0 Å². The zero-order valence-electron chi connectivity index (χ0n) is 24.2. The van der Waals surface area contributed by atoms with Crippen LogP contribution in [0.2, 0.25) is 0 Å². The summed E-state index contributed by atoms with van der Waals surface area (Å²) in [6.07, 6.45) is 7.17. The van der Waals surface area contributed by atoms with Gasteiger partial charge in [-0.2, -0.15) is 0 Å². The van der Waals surface area contributed by atoms with Crippen molar-refractivity contribution in [3.8, 4) is 16.8 Å². The van der Waals surface area contributed by atoms with Crippen molar-refractivity contribution in [2.24, 2.45) is 0 Å². The molecule has 0 N–H and O–H groups in total. The van der Waals surface area contributed by atoms with Crippen LogP contribution in [0.4, 0.5) is 11.4 Å². The van der Waals surface area contributed by atoms with Gasteiger partial charge in [-0.25, -0.2) is 0 Å². The molecule has 2 aliphatic rings. The van der Waals surface area contributed by atoms with Gasteiger partial charge >= 0.3 is 0 Å². The summed E-state index contributed by atoms with van der Waals surface area (Å²) in [5.41, 5.74) is 12.6. The summed E-state index contributed by atoms with van der Waals surface area (Å²) >= 11 is 0. The lowest BCUT2D eigenvalue weighted by Crippen LogP contribution is -2.29. The van der Waals surface area contributed by atoms with Crippen molar-refractivity contribution < 1.29 is 0 Å². The Morgan fingerprint density at radius 3 is 1.98 bits per heavy atom.